The highest BCUT2D eigenvalue weighted by Gasteiger charge is 2.13. The van der Waals surface area contributed by atoms with Gasteiger partial charge in [0.25, 0.3) is 0 Å². The van der Waals surface area contributed by atoms with Crippen molar-refractivity contribution in [2.75, 3.05) is 20.5 Å². The topological polar surface area (TPSA) is 58.9 Å². The zero-order chi connectivity index (χ0) is 16.3. The summed E-state index contributed by atoms with van der Waals surface area (Å²) in [6, 6.07) is 5.72. The van der Waals surface area contributed by atoms with E-state index in [0.29, 0.717) is 11.1 Å². The second kappa shape index (κ2) is 6.54. The van der Waals surface area contributed by atoms with Crippen LogP contribution in [-0.4, -0.2) is 30.7 Å². The lowest BCUT2D eigenvalue weighted by molar-refractivity contribution is 0.0511. The van der Waals surface area contributed by atoms with Gasteiger partial charge >= 0.3 is 0 Å². The molecule has 108 valence electrons. The molecule has 0 aromatic heterocycles. The standard InChI is InChI=1S/C15H17FO4/c1-19-9-20-11-7-10-4-5-13(16)12(3-2-6-17)15(10)14(18)8-11/h4-5,7-8,17-18H,2-3,6,9H2,1H3/i6D2. The van der Waals surface area contributed by atoms with E-state index in [0.717, 1.165) is 0 Å². The number of benzene rings is 2. The Morgan fingerprint density at radius 3 is 2.85 bits per heavy atom. The summed E-state index contributed by atoms with van der Waals surface area (Å²) in [6.45, 7) is -2.38. The van der Waals surface area contributed by atoms with Gasteiger partial charge in [-0.05, 0) is 35.9 Å². The van der Waals surface area contributed by atoms with E-state index in [1.165, 1.54) is 25.3 Å². The summed E-state index contributed by atoms with van der Waals surface area (Å²) in [5.41, 5.74) is 0.159. The van der Waals surface area contributed by atoms with Crippen molar-refractivity contribution >= 4 is 10.8 Å². The van der Waals surface area contributed by atoms with Gasteiger partial charge in [-0.2, -0.15) is 0 Å². The van der Waals surface area contributed by atoms with Crippen LogP contribution in [0.3, 0.4) is 0 Å². The van der Waals surface area contributed by atoms with Crippen molar-refractivity contribution in [2.24, 2.45) is 0 Å². The number of aliphatic hydroxyl groups is 1. The van der Waals surface area contributed by atoms with E-state index in [2.05, 4.69) is 0 Å². The molecule has 4 nitrogen and oxygen atoms in total. The third kappa shape index (κ3) is 3.00. The van der Waals surface area contributed by atoms with Crippen LogP contribution in [0.4, 0.5) is 4.39 Å². The highest BCUT2D eigenvalue weighted by atomic mass is 19.1. The second-order valence-corrected chi connectivity index (χ2v) is 4.28. The predicted molar refractivity (Wildman–Crippen MR) is 73.5 cm³/mol. The van der Waals surface area contributed by atoms with E-state index in [-0.39, 0.29) is 36.3 Å². The third-order valence-corrected chi connectivity index (χ3v) is 2.95. The number of halogens is 1. The molecule has 0 fully saturated rings. The minimum absolute atomic E-state index is 0.0176. The molecule has 2 aromatic carbocycles. The summed E-state index contributed by atoms with van der Waals surface area (Å²) in [6.07, 6.45) is -0.317. The lowest BCUT2D eigenvalue weighted by atomic mass is 9.99. The first-order valence-corrected chi connectivity index (χ1v) is 6.10. The maximum absolute atomic E-state index is 14.0. The fourth-order valence-electron chi connectivity index (χ4n) is 2.10. The lowest BCUT2D eigenvalue weighted by Crippen LogP contribution is -2.00. The van der Waals surface area contributed by atoms with Crippen LogP contribution in [0.1, 0.15) is 14.7 Å². The first-order chi connectivity index (χ1) is 10.3. The molecule has 0 saturated carbocycles. The zero-order valence-electron chi connectivity index (χ0n) is 13.0. The van der Waals surface area contributed by atoms with E-state index in [1.807, 2.05) is 0 Å². The Morgan fingerprint density at radius 2 is 2.15 bits per heavy atom. The predicted octanol–water partition coefficient (Wildman–Crippen LogP) is 2.59. The second-order valence-electron chi connectivity index (χ2n) is 4.28. The minimum Gasteiger partial charge on any atom is -0.507 e. The Balaban J connectivity index is 2.45. The smallest absolute Gasteiger partial charge is 0.188 e. The molecule has 0 saturated heterocycles. The van der Waals surface area contributed by atoms with E-state index < -0.39 is 12.4 Å². The molecule has 0 radical (unpaired) electrons. The number of methoxy groups -OCH3 is 1. The molecule has 2 rings (SSSR count). The molecule has 0 heterocycles. The fourth-order valence-corrected chi connectivity index (χ4v) is 2.10. The Morgan fingerprint density at radius 1 is 1.35 bits per heavy atom. The van der Waals surface area contributed by atoms with Gasteiger partial charge in [-0.25, -0.2) is 4.39 Å². The number of phenolic OH excluding ortho intramolecular Hbond substituents is 1. The van der Waals surface area contributed by atoms with Gasteiger partial charge in [-0.3, -0.25) is 0 Å². The number of hydrogen-bond acceptors (Lipinski definition) is 4. The van der Waals surface area contributed by atoms with Gasteiger partial charge in [0.15, 0.2) is 6.79 Å². The molecule has 0 aliphatic carbocycles. The van der Waals surface area contributed by atoms with Gasteiger partial charge in [0, 0.05) is 25.1 Å². The maximum Gasteiger partial charge on any atom is 0.188 e. The van der Waals surface area contributed by atoms with Crippen LogP contribution in [0.15, 0.2) is 24.3 Å². The van der Waals surface area contributed by atoms with Gasteiger partial charge < -0.3 is 19.7 Å². The largest absolute Gasteiger partial charge is 0.507 e. The Labute approximate surface area is 119 Å². The Bertz CT molecular complexity index is 671. The summed E-state index contributed by atoms with van der Waals surface area (Å²) in [5.74, 6) is -0.351. The van der Waals surface area contributed by atoms with Crippen LogP contribution in [0, 0.1) is 5.82 Å². The number of fused-ring (bicyclic) bond motifs is 1. The molecule has 0 amide bonds. The Kier molecular flexibility index (Phi) is 3.90. The summed E-state index contributed by atoms with van der Waals surface area (Å²) >= 11 is 0. The monoisotopic (exact) mass is 282 g/mol. The molecule has 0 unspecified atom stereocenters. The fraction of sp³-hybridized carbons (Fsp3) is 0.333. The molecule has 5 heteroatoms. The number of aryl methyl sites for hydroxylation is 1. The van der Waals surface area contributed by atoms with Crippen LogP contribution < -0.4 is 4.74 Å². The van der Waals surface area contributed by atoms with Gasteiger partial charge in [-0.15, -0.1) is 0 Å². The lowest BCUT2D eigenvalue weighted by Gasteiger charge is -2.12. The molecule has 0 bridgehead atoms. The number of phenols is 1. The summed E-state index contributed by atoms with van der Waals surface area (Å²) in [5, 5.41) is 20.2. The SMILES string of the molecule is [2H]C([2H])(O)CCc1c(F)ccc2cc(OCOC)cc(O)c12. The van der Waals surface area contributed by atoms with E-state index in [9.17, 15) is 9.50 Å². The molecular weight excluding hydrogens is 263 g/mol. The normalized spacial score (nSPS) is 13.2. The molecule has 0 spiro atoms. The Hall–Kier alpha value is -1.85. The average Bonchev–Trinajstić information content (AvgIpc) is 2.43. The van der Waals surface area contributed by atoms with Crippen molar-refractivity contribution in [3.8, 4) is 11.5 Å². The third-order valence-electron chi connectivity index (χ3n) is 2.95. The van der Waals surface area contributed by atoms with Crippen molar-refractivity contribution < 1.29 is 26.8 Å². The van der Waals surface area contributed by atoms with Crippen molar-refractivity contribution in [3.63, 3.8) is 0 Å². The number of hydrogen-bond donors (Lipinski definition) is 2. The summed E-state index contributed by atoms with van der Waals surface area (Å²) in [4.78, 5) is 0. The molecular formula is C15H17FO4. The first-order valence-electron chi connectivity index (χ1n) is 7.10. The van der Waals surface area contributed by atoms with Crippen molar-refractivity contribution in [3.05, 3.63) is 35.6 Å². The quantitative estimate of drug-likeness (QED) is 0.800. The molecule has 0 aliphatic heterocycles. The van der Waals surface area contributed by atoms with E-state index >= 15 is 0 Å². The maximum atomic E-state index is 14.0. The molecule has 0 atom stereocenters. The molecule has 0 aliphatic rings. The van der Waals surface area contributed by atoms with E-state index in [4.69, 9.17) is 17.3 Å². The summed E-state index contributed by atoms with van der Waals surface area (Å²) in [7, 11) is 1.47. The summed E-state index contributed by atoms with van der Waals surface area (Å²) < 4.78 is 38.3. The zero-order valence-corrected chi connectivity index (χ0v) is 11.0. The van der Waals surface area contributed by atoms with Gasteiger partial charge in [0.1, 0.15) is 17.3 Å². The number of aromatic hydroxyl groups is 1. The first kappa shape index (κ1) is 11.9. The molecule has 2 aromatic rings. The van der Waals surface area contributed by atoms with Crippen LogP contribution >= 0.6 is 0 Å². The van der Waals surface area contributed by atoms with Crippen molar-refractivity contribution in [2.45, 2.75) is 12.8 Å². The van der Waals surface area contributed by atoms with Crippen LogP contribution in [0.2, 0.25) is 0 Å². The van der Waals surface area contributed by atoms with E-state index in [1.54, 1.807) is 6.07 Å². The molecule has 20 heavy (non-hydrogen) atoms. The average molecular weight is 282 g/mol. The van der Waals surface area contributed by atoms with Crippen molar-refractivity contribution in [1.29, 1.82) is 0 Å². The van der Waals surface area contributed by atoms with Gasteiger partial charge in [-0.1, -0.05) is 6.07 Å². The van der Waals surface area contributed by atoms with Gasteiger partial charge in [0.2, 0.25) is 0 Å². The minimum atomic E-state index is -2.40. The van der Waals surface area contributed by atoms with Gasteiger partial charge in [0.05, 0.1) is 2.74 Å². The van der Waals surface area contributed by atoms with Crippen LogP contribution in [-0.2, 0) is 11.2 Å². The molecule has 2 N–H and O–H groups in total. The van der Waals surface area contributed by atoms with Crippen LogP contribution in [0.5, 0.6) is 11.5 Å². The highest BCUT2D eigenvalue weighted by molar-refractivity contribution is 5.92. The number of ether oxygens (including phenoxy) is 2. The number of rotatable bonds is 6. The highest BCUT2D eigenvalue weighted by Crippen LogP contribution is 2.34. The van der Waals surface area contributed by atoms with Crippen LogP contribution in [0.25, 0.3) is 10.8 Å². The van der Waals surface area contributed by atoms with Crippen molar-refractivity contribution in [1.82, 2.24) is 0 Å².